The summed E-state index contributed by atoms with van der Waals surface area (Å²) in [5.41, 5.74) is 4.19. The molecule has 0 radical (unpaired) electrons. The first-order valence-corrected chi connectivity index (χ1v) is 10.6. The fraction of sp³-hybridized carbons (Fsp3) is 0.250. The lowest BCUT2D eigenvalue weighted by Gasteiger charge is -2.31. The maximum atomic E-state index is 13.2. The average molecular weight is 445 g/mol. The van der Waals surface area contributed by atoms with Crippen LogP contribution in [0.4, 0.5) is 11.4 Å². The van der Waals surface area contributed by atoms with Crippen molar-refractivity contribution in [1.82, 2.24) is 14.7 Å². The van der Waals surface area contributed by atoms with E-state index >= 15 is 0 Å². The van der Waals surface area contributed by atoms with Crippen LogP contribution in [0.2, 0.25) is 5.02 Å². The molecule has 2 atom stereocenters. The summed E-state index contributed by atoms with van der Waals surface area (Å²) in [4.78, 5) is 18.4. The molecule has 160 valence electrons. The van der Waals surface area contributed by atoms with Crippen LogP contribution in [0.25, 0.3) is 16.1 Å². The lowest BCUT2D eigenvalue weighted by atomic mass is 10.1. The Bertz CT molecular complexity index is 1250. The van der Waals surface area contributed by atoms with Crippen molar-refractivity contribution in [2.24, 2.45) is 0 Å². The minimum Gasteiger partial charge on any atom is -0.369 e. The molecule has 1 N–H and O–H groups in total. The number of halogens is 1. The van der Waals surface area contributed by atoms with E-state index in [0.717, 1.165) is 11.1 Å². The number of carbonyl (C=O) groups is 1. The van der Waals surface area contributed by atoms with Gasteiger partial charge in [0, 0.05) is 29.4 Å². The molecule has 0 saturated carbocycles. The molecule has 2 heterocycles. The molecule has 32 heavy (non-hydrogen) atoms. The van der Waals surface area contributed by atoms with Crippen LogP contribution in [0.3, 0.4) is 0 Å². The van der Waals surface area contributed by atoms with Crippen molar-refractivity contribution in [2.75, 3.05) is 11.9 Å². The van der Waals surface area contributed by atoms with E-state index in [1.807, 2.05) is 25.1 Å². The number of amides is 1. The topological polar surface area (TPSA) is 78.3 Å². The Balaban J connectivity index is 1.65. The zero-order valence-corrected chi connectivity index (χ0v) is 18.5. The van der Waals surface area contributed by atoms with Crippen molar-refractivity contribution in [1.29, 1.82) is 5.26 Å². The maximum Gasteiger partial charge on any atom is 0.272 e. The van der Waals surface area contributed by atoms with Gasteiger partial charge in [-0.05, 0) is 43.7 Å². The van der Waals surface area contributed by atoms with Gasteiger partial charge in [-0.3, -0.25) is 9.48 Å². The lowest BCUT2D eigenvalue weighted by molar-refractivity contribution is 0.0651. The third-order valence-corrected chi connectivity index (χ3v) is 5.64. The summed E-state index contributed by atoms with van der Waals surface area (Å²) in [6, 6.07) is 16.2. The van der Waals surface area contributed by atoms with E-state index in [2.05, 4.69) is 16.2 Å². The number of rotatable bonds is 5. The zero-order chi connectivity index (χ0) is 22.8. The Hall–Kier alpha value is -3.81. The second-order valence-corrected chi connectivity index (χ2v) is 8.29. The minimum atomic E-state index is -0.408. The van der Waals surface area contributed by atoms with Gasteiger partial charge in [0.25, 0.3) is 5.91 Å². The lowest BCUT2D eigenvalue weighted by Crippen LogP contribution is -2.41. The number of anilines is 1. The van der Waals surface area contributed by atoms with Crippen LogP contribution in [-0.2, 0) is 6.54 Å². The molecule has 8 heteroatoms. The van der Waals surface area contributed by atoms with E-state index in [1.165, 1.54) is 0 Å². The molecule has 0 spiro atoms. The molecule has 0 fully saturated rings. The first-order valence-electron chi connectivity index (χ1n) is 10.2. The van der Waals surface area contributed by atoms with E-state index in [9.17, 15) is 10.1 Å². The van der Waals surface area contributed by atoms with E-state index in [1.54, 1.807) is 46.8 Å². The van der Waals surface area contributed by atoms with Crippen LogP contribution < -0.4 is 5.32 Å². The summed E-state index contributed by atoms with van der Waals surface area (Å²) in [6.45, 7) is 11.9. The molecule has 1 aliphatic heterocycles. The monoisotopic (exact) mass is 444 g/mol. The summed E-state index contributed by atoms with van der Waals surface area (Å²) in [5, 5.41) is 17.6. The van der Waals surface area contributed by atoms with Crippen molar-refractivity contribution in [2.45, 2.75) is 32.5 Å². The summed E-state index contributed by atoms with van der Waals surface area (Å²) < 4.78 is 1.77. The molecule has 0 saturated heterocycles. The second-order valence-electron chi connectivity index (χ2n) is 7.86. The number of nitriles is 1. The van der Waals surface area contributed by atoms with Crippen LogP contribution in [0, 0.1) is 17.9 Å². The maximum absolute atomic E-state index is 13.2. The van der Waals surface area contributed by atoms with E-state index in [0.29, 0.717) is 40.9 Å². The van der Waals surface area contributed by atoms with Gasteiger partial charge in [0.15, 0.2) is 5.69 Å². The van der Waals surface area contributed by atoms with Crippen molar-refractivity contribution in [3.05, 3.63) is 76.2 Å². The first kappa shape index (κ1) is 21.4. The van der Waals surface area contributed by atoms with Gasteiger partial charge in [0.1, 0.15) is 11.7 Å². The fourth-order valence-electron chi connectivity index (χ4n) is 3.82. The highest BCUT2D eigenvalue weighted by Gasteiger charge is 2.31. The summed E-state index contributed by atoms with van der Waals surface area (Å²) in [5.74, 6) is -0.0926. The second kappa shape index (κ2) is 8.74. The molecular weight excluding hydrogens is 424 g/mol. The molecule has 1 amide bonds. The normalized spacial score (nSPS) is 16.1. The van der Waals surface area contributed by atoms with Gasteiger partial charge in [-0.1, -0.05) is 35.9 Å². The third kappa shape index (κ3) is 4.16. The van der Waals surface area contributed by atoms with Crippen molar-refractivity contribution in [3.8, 4) is 17.3 Å². The molecule has 2 aromatic carbocycles. The van der Waals surface area contributed by atoms with Gasteiger partial charge in [0.2, 0.25) is 0 Å². The van der Waals surface area contributed by atoms with E-state index in [-0.39, 0.29) is 11.9 Å². The highest BCUT2D eigenvalue weighted by atomic mass is 35.5. The largest absolute Gasteiger partial charge is 0.369 e. The molecule has 7 nitrogen and oxygen atoms in total. The molecule has 1 aliphatic rings. The Morgan fingerprint density at radius 1 is 1.31 bits per heavy atom. The van der Waals surface area contributed by atoms with Crippen molar-refractivity contribution >= 4 is 28.9 Å². The van der Waals surface area contributed by atoms with Crippen molar-refractivity contribution in [3.63, 3.8) is 0 Å². The smallest absolute Gasteiger partial charge is 0.272 e. The number of aromatic nitrogens is 2. The SMILES string of the molecule is [C-]#[N+]c1ccc(CN2C[C@H](C)n3nc(-c4ccc(Cl)cc4NC(C)C#N)cc3C2=O)cc1. The summed E-state index contributed by atoms with van der Waals surface area (Å²) >= 11 is 6.17. The van der Waals surface area contributed by atoms with Gasteiger partial charge in [-0.2, -0.15) is 10.4 Å². The first-order chi connectivity index (χ1) is 15.4. The summed E-state index contributed by atoms with van der Waals surface area (Å²) in [6.07, 6.45) is 0. The Morgan fingerprint density at radius 2 is 2.06 bits per heavy atom. The molecule has 1 unspecified atom stereocenters. The number of fused-ring (bicyclic) bond motifs is 1. The van der Waals surface area contributed by atoms with Gasteiger partial charge in [-0.15, -0.1) is 0 Å². The number of benzene rings is 2. The molecule has 0 bridgehead atoms. The predicted octanol–water partition coefficient (Wildman–Crippen LogP) is 5.30. The molecule has 4 rings (SSSR count). The highest BCUT2D eigenvalue weighted by Crippen LogP contribution is 2.33. The number of nitrogens with one attached hydrogen (secondary N) is 1. The standard InChI is InChI=1S/C24H21ClN6O/c1-15(12-26)28-21-10-18(25)6-9-20(21)22-11-23-24(32)30(13-16(2)31(23)29-22)14-17-4-7-19(27-3)8-5-17/h4-11,15-16,28H,13-14H2,1-2H3/t15?,16-/m0/s1. The highest BCUT2D eigenvalue weighted by molar-refractivity contribution is 6.31. The summed E-state index contributed by atoms with van der Waals surface area (Å²) in [7, 11) is 0. The molecule has 3 aromatic rings. The zero-order valence-electron chi connectivity index (χ0n) is 17.7. The molecular formula is C24H21ClN6O. The average Bonchev–Trinajstić information content (AvgIpc) is 3.24. The van der Waals surface area contributed by atoms with E-state index in [4.69, 9.17) is 23.3 Å². The number of hydrogen-bond acceptors (Lipinski definition) is 4. The van der Waals surface area contributed by atoms with Crippen LogP contribution >= 0.6 is 11.6 Å². The van der Waals surface area contributed by atoms with Gasteiger partial charge in [-0.25, -0.2) is 4.85 Å². The Kier molecular flexibility index (Phi) is 5.85. The van der Waals surface area contributed by atoms with Crippen molar-refractivity contribution < 1.29 is 4.79 Å². The third-order valence-electron chi connectivity index (χ3n) is 5.41. The molecule has 1 aromatic heterocycles. The van der Waals surface area contributed by atoms with Crippen LogP contribution in [-0.4, -0.2) is 33.2 Å². The van der Waals surface area contributed by atoms with Gasteiger partial charge >= 0.3 is 0 Å². The van der Waals surface area contributed by atoms with E-state index < -0.39 is 6.04 Å². The predicted molar refractivity (Wildman–Crippen MR) is 124 cm³/mol. The Labute approximate surface area is 191 Å². The Morgan fingerprint density at radius 3 is 2.75 bits per heavy atom. The van der Waals surface area contributed by atoms with Gasteiger partial charge < -0.3 is 10.2 Å². The van der Waals surface area contributed by atoms with Crippen LogP contribution in [0.15, 0.2) is 48.5 Å². The quantitative estimate of drug-likeness (QED) is 0.542. The van der Waals surface area contributed by atoms with Gasteiger partial charge in [0.05, 0.1) is 24.4 Å². The number of carbonyl (C=O) groups excluding carboxylic acids is 1. The van der Waals surface area contributed by atoms with Crippen LogP contribution in [0.1, 0.15) is 35.9 Å². The number of hydrogen-bond donors (Lipinski definition) is 1. The van der Waals surface area contributed by atoms with Crippen LogP contribution in [0.5, 0.6) is 0 Å². The minimum absolute atomic E-state index is 0.000654. The number of nitrogens with zero attached hydrogens (tertiary/aromatic N) is 5. The fourth-order valence-corrected chi connectivity index (χ4v) is 3.99. The molecule has 0 aliphatic carbocycles.